The van der Waals surface area contributed by atoms with Gasteiger partial charge in [-0.05, 0) is 6.92 Å². The molecule has 2 nitrogen and oxygen atoms in total. The number of Topliss-reactive ketones (excluding diaryl/α,β-unsaturated/α-hetero) is 1. The molecule has 1 aromatic carbocycles. The lowest BCUT2D eigenvalue weighted by Gasteiger charge is -2.06. The Balaban J connectivity index is 3.67. The Bertz CT molecular complexity index is 427. The van der Waals surface area contributed by atoms with Crippen molar-refractivity contribution in [3.05, 3.63) is 34.4 Å². The van der Waals surface area contributed by atoms with E-state index in [0.717, 1.165) is 6.92 Å². The Labute approximate surface area is 82.0 Å². The van der Waals surface area contributed by atoms with Crippen LogP contribution in [0.4, 0.5) is 17.6 Å². The highest BCUT2D eigenvalue weighted by molar-refractivity contribution is 6.34. The average Bonchev–Trinajstić information content (AvgIpc) is 2.23. The lowest BCUT2D eigenvalue weighted by molar-refractivity contribution is 0.106. The highest BCUT2D eigenvalue weighted by Gasteiger charge is 2.26. The van der Waals surface area contributed by atoms with Crippen LogP contribution >= 0.6 is 0 Å². The second-order valence-electron chi connectivity index (χ2n) is 2.76. The normalized spacial score (nSPS) is 10.2. The van der Waals surface area contributed by atoms with Crippen LogP contribution in [0.2, 0.25) is 0 Å². The van der Waals surface area contributed by atoms with Crippen LogP contribution in [0.1, 0.15) is 15.9 Å². The number of hydrogen-bond acceptors (Lipinski definition) is 2. The first-order valence-corrected chi connectivity index (χ1v) is 3.79. The molecule has 0 aliphatic heterocycles. The third-order valence-corrected chi connectivity index (χ3v) is 1.86. The van der Waals surface area contributed by atoms with Gasteiger partial charge in [0.05, 0.1) is 6.21 Å². The first-order chi connectivity index (χ1) is 6.91. The monoisotopic (exact) mass is 219 g/mol. The molecule has 15 heavy (non-hydrogen) atoms. The SMILES string of the molecule is Cc1c(F)c(F)c(C(=O)C=N)c(F)c1F. The van der Waals surface area contributed by atoms with Crippen molar-refractivity contribution in [1.82, 2.24) is 0 Å². The summed E-state index contributed by atoms with van der Waals surface area (Å²) in [7, 11) is 0. The Morgan fingerprint density at radius 1 is 1.07 bits per heavy atom. The van der Waals surface area contributed by atoms with Gasteiger partial charge in [-0.3, -0.25) is 4.79 Å². The molecule has 0 aliphatic carbocycles. The van der Waals surface area contributed by atoms with Crippen molar-refractivity contribution < 1.29 is 22.4 Å². The largest absolute Gasteiger partial charge is 0.305 e. The minimum absolute atomic E-state index is 0.0791. The van der Waals surface area contributed by atoms with Crippen LogP contribution in [-0.4, -0.2) is 12.0 Å². The minimum Gasteiger partial charge on any atom is -0.305 e. The van der Waals surface area contributed by atoms with E-state index < -0.39 is 40.2 Å². The van der Waals surface area contributed by atoms with Crippen LogP contribution in [0, 0.1) is 35.6 Å². The van der Waals surface area contributed by atoms with Crippen molar-refractivity contribution in [2.75, 3.05) is 0 Å². The van der Waals surface area contributed by atoms with Gasteiger partial charge in [0.15, 0.2) is 23.3 Å². The highest BCUT2D eigenvalue weighted by atomic mass is 19.2. The van der Waals surface area contributed by atoms with Crippen molar-refractivity contribution in [3.8, 4) is 0 Å². The maximum Gasteiger partial charge on any atom is 0.209 e. The van der Waals surface area contributed by atoms with Crippen molar-refractivity contribution in [2.45, 2.75) is 6.92 Å². The number of halogens is 4. The number of ketones is 1. The van der Waals surface area contributed by atoms with Crippen LogP contribution in [-0.2, 0) is 0 Å². The Morgan fingerprint density at radius 2 is 1.47 bits per heavy atom. The molecule has 0 radical (unpaired) electrons. The van der Waals surface area contributed by atoms with Gasteiger partial charge >= 0.3 is 0 Å². The van der Waals surface area contributed by atoms with Gasteiger partial charge in [-0.2, -0.15) is 0 Å². The summed E-state index contributed by atoms with van der Waals surface area (Å²) in [6.07, 6.45) is 0.0791. The second-order valence-corrected chi connectivity index (χ2v) is 2.76. The van der Waals surface area contributed by atoms with Crippen LogP contribution in [0.5, 0.6) is 0 Å². The fourth-order valence-electron chi connectivity index (χ4n) is 1.03. The van der Waals surface area contributed by atoms with E-state index in [9.17, 15) is 22.4 Å². The maximum atomic E-state index is 13.0. The zero-order chi connectivity index (χ0) is 11.7. The zero-order valence-electron chi connectivity index (χ0n) is 7.50. The van der Waals surface area contributed by atoms with Gasteiger partial charge in [-0.15, -0.1) is 0 Å². The Morgan fingerprint density at radius 3 is 1.80 bits per heavy atom. The van der Waals surface area contributed by atoms with E-state index >= 15 is 0 Å². The molecule has 6 heteroatoms. The van der Waals surface area contributed by atoms with Crippen LogP contribution in [0.15, 0.2) is 0 Å². The molecule has 0 atom stereocenters. The highest BCUT2D eigenvalue weighted by Crippen LogP contribution is 2.23. The predicted molar refractivity (Wildman–Crippen MR) is 44.1 cm³/mol. The van der Waals surface area contributed by atoms with E-state index in [4.69, 9.17) is 5.41 Å². The molecule has 0 aliphatic rings. The second kappa shape index (κ2) is 3.80. The van der Waals surface area contributed by atoms with Gasteiger partial charge in [-0.25, -0.2) is 17.6 Å². The minimum atomic E-state index is -1.78. The third kappa shape index (κ3) is 1.62. The number of carbonyl (C=O) groups is 1. The maximum absolute atomic E-state index is 13.0. The van der Waals surface area contributed by atoms with E-state index in [1.165, 1.54) is 0 Å². The van der Waals surface area contributed by atoms with Gasteiger partial charge in [0.1, 0.15) is 5.56 Å². The van der Waals surface area contributed by atoms with Crippen LogP contribution in [0.25, 0.3) is 0 Å². The molecule has 0 aromatic heterocycles. The number of hydrogen-bond donors (Lipinski definition) is 1. The van der Waals surface area contributed by atoms with E-state index in [0.29, 0.717) is 0 Å². The molecule has 0 saturated heterocycles. The number of rotatable bonds is 2. The van der Waals surface area contributed by atoms with Crippen molar-refractivity contribution >= 4 is 12.0 Å². The van der Waals surface area contributed by atoms with Gasteiger partial charge in [0, 0.05) is 5.56 Å². The molecule has 1 aromatic rings. The lowest BCUT2D eigenvalue weighted by Crippen LogP contribution is -2.12. The number of benzene rings is 1. The van der Waals surface area contributed by atoms with Gasteiger partial charge in [0.25, 0.3) is 0 Å². The molecule has 1 N–H and O–H groups in total. The fourth-order valence-corrected chi connectivity index (χ4v) is 1.03. The van der Waals surface area contributed by atoms with Crippen LogP contribution < -0.4 is 0 Å². The van der Waals surface area contributed by atoms with Crippen molar-refractivity contribution in [3.63, 3.8) is 0 Å². The van der Waals surface area contributed by atoms with E-state index in [1.54, 1.807) is 0 Å². The van der Waals surface area contributed by atoms with E-state index in [-0.39, 0.29) is 6.21 Å². The summed E-state index contributed by atoms with van der Waals surface area (Å²) < 4.78 is 51.9. The van der Waals surface area contributed by atoms with E-state index in [2.05, 4.69) is 0 Å². The smallest absolute Gasteiger partial charge is 0.209 e. The number of nitrogens with one attached hydrogen (secondary N) is 1. The molecule has 0 heterocycles. The van der Waals surface area contributed by atoms with E-state index in [1.807, 2.05) is 0 Å². The average molecular weight is 219 g/mol. The molecule has 0 spiro atoms. The third-order valence-electron chi connectivity index (χ3n) is 1.86. The molecule has 0 unspecified atom stereocenters. The standard InChI is InChI=1S/C9H5F4NO/c1-3-6(10)8(12)5(4(15)2-14)9(13)7(3)11/h2,14H,1H3. The van der Waals surface area contributed by atoms with Gasteiger partial charge < -0.3 is 5.41 Å². The van der Waals surface area contributed by atoms with Crippen molar-refractivity contribution in [2.24, 2.45) is 0 Å². The summed E-state index contributed by atoms with van der Waals surface area (Å²) in [6.45, 7) is 0.843. The Hall–Kier alpha value is -1.72. The summed E-state index contributed by atoms with van der Waals surface area (Å²) in [5.74, 6) is -8.24. The number of carbonyl (C=O) groups excluding carboxylic acids is 1. The topological polar surface area (TPSA) is 40.9 Å². The lowest BCUT2D eigenvalue weighted by atomic mass is 10.1. The summed E-state index contributed by atoms with van der Waals surface area (Å²) in [5.41, 5.74) is -2.22. The quantitative estimate of drug-likeness (QED) is 0.353. The first kappa shape index (κ1) is 11.4. The molecule has 1 rings (SSSR count). The van der Waals surface area contributed by atoms with Gasteiger partial charge in [0.2, 0.25) is 5.78 Å². The van der Waals surface area contributed by atoms with Gasteiger partial charge in [-0.1, -0.05) is 0 Å². The first-order valence-electron chi connectivity index (χ1n) is 3.79. The predicted octanol–water partition coefficient (Wildman–Crippen LogP) is 2.38. The van der Waals surface area contributed by atoms with Crippen molar-refractivity contribution in [1.29, 1.82) is 5.41 Å². The molecule has 0 amide bonds. The summed E-state index contributed by atoms with van der Waals surface area (Å²) in [5, 5.41) is 6.48. The summed E-state index contributed by atoms with van der Waals surface area (Å²) in [6, 6.07) is 0. The Kier molecular flexibility index (Phi) is 2.88. The molecule has 0 fully saturated rings. The molecular weight excluding hydrogens is 214 g/mol. The molecule has 0 saturated carbocycles. The molecule has 0 bridgehead atoms. The van der Waals surface area contributed by atoms with Crippen LogP contribution in [0.3, 0.4) is 0 Å². The molecule has 80 valence electrons. The molecular formula is C9H5F4NO. The summed E-state index contributed by atoms with van der Waals surface area (Å²) >= 11 is 0. The summed E-state index contributed by atoms with van der Waals surface area (Å²) in [4.78, 5) is 10.8. The zero-order valence-corrected chi connectivity index (χ0v) is 7.50. The fraction of sp³-hybridized carbons (Fsp3) is 0.111.